The van der Waals surface area contributed by atoms with Gasteiger partial charge in [-0.1, -0.05) is 24.6 Å². The predicted octanol–water partition coefficient (Wildman–Crippen LogP) is 4.81. The van der Waals surface area contributed by atoms with Gasteiger partial charge in [0.05, 0.1) is 6.33 Å². The highest BCUT2D eigenvalue weighted by Crippen LogP contribution is 2.53. The number of aliphatic hydroxyl groups is 1. The second-order valence-electron chi connectivity index (χ2n) is 11.6. The van der Waals surface area contributed by atoms with E-state index in [2.05, 4.69) is 15.1 Å². The number of carbonyl (C=O) groups is 1. The molecule has 1 aromatic carbocycles. The summed E-state index contributed by atoms with van der Waals surface area (Å²) in [5.74, 6) is -3.01. The number of halogens is 2. The average molecular weight is 672 g/mol. The number of aromatic nitrogens is 2. The van der Waals surface area contributed by atoms with Crippen LogP contribution in [0.5, 0.6) is 5.75 Å². The first-order valence-electron chi connectivity index (χ1n) is 15.1. The molecule has 12 nitrogen and oxygen atoms in total. The maximum atomic E-state index is 16.5. The Bertz CT molecular complexity index is 1430. The van der Waals surface area contributed by atoms with Crippen LogP contribution >= 0.6 is 6.64 Å². The lowest BCUT2D eigenvalue weighted by Gasteiger charge is -2.31. The third kappa shape index (κ3) is 7.40. The van der Waals surface area contributed by atoms with Crippen molar-refractivity contribution in [3.05, 3.63) is 42.4 Å². The number of hydrogen-bond acceptors (Lipinski definition) is 11. The van der Waals surface area contributed by atoms with E-state index in [1.54, 1.807) is 30.3 Å². The normalized spacial score (nSPS) is 30.6. The summed E-state index contributed by atoms with van der Waals surface area (Å²) in [6.07, 6.45) is 1.36. The number of aliphatic imine (C=N–C) groups is 1. The van der Waals surface area contributed by atoms with Crippen molar-refractivity contribution in [3.8, 4) is 5.75 Å². The zero-order valence-corrected chi connectivity index (χ0v) is 27.1. The van der Waals surface area contributed by atoms with Crippen molar-refractivity contribution < 1.29 is 41.9 Å². The lowest BCUT2D eigenvalue weighted by molar-refractivity contribution is -0.202. The number of amidine groups is 1. The van der Waals surface area contributed by atoms with E-state index in [1.807, 2.05) is 6.92 Å². The van der Waals surface area contributed by atoms with E-state index in [9.17, 15) is 9.90 Å². The summed E-state index contributed by atoms with van der Waals surface area (Å²) in [5.41, 5.74) is 3.72. The third-order valence-corrected chi connectivity index (χ3v) is 10.5. The van der Waals surface area contributed by atoms with Crippen LogP contribution in [-0.4, -0.2) is 69.4 Å². The maximum Gasteiger partial charge on any atom is 0.323 e. The Morgan fingerprint density at radius 1 is 1.29 bits per heavy atom. The quantitative estimate of drug-likeness (QED) is 0.211. The molecule has 4 N–H and O–H groups in total. The molecular weight excluding hydrogens is 631 g/mol. The molecule has 3 unspecified atom stereocenters. The molecule has 2 fully saturated rings. The van der Waals surface area contributed by atoms with Gasteiger partial charge in [0.2, 0.25) is 0 Å². The van der Waals surface area contributed by atoms with E-state index < -0.39 is 55.2 Å². The van der Waals surface area contributed by atoms with Crippen molar-refractivity contribution in [2.24, 2.45) is 10.7 Å². The van der Waals surface area contributed by atoms with Crippen LogP contribution in [-0.2, 0) is 35.3 Å². The van der Waals surface area contributed by atoms with Crippen LogP contribution in [0.1, 0.15) is 77.3 Å². The second-order valence-corrected chi connectivity index (χ2v) is 14.8. The number of ether oxygens (including phenoxy) is 3. The van der Waals surface area contributed by atoms with Crippen molar-refractivity contribution >= 4 is 36.1 Å². The number of aliphatic hydroxyl groups excluding tert-OH is 1. The van der Waals surface area contributed by atoms with Gasteiger partial charge in [0.25, 0.3) is 5.85 Å². The fourth-order valence-corrected chi connectivity index (χ4v) is 8.07. The number of imidazole rings is 1. The number of para-hydroxylation sites is 1. The van der Waals surface area contributed by atoms with Gasteiger partial charge in [-0.25, -0.2) is 23.8 Å². The summed E-state index contributed by atoms with van der Waals surface area (Å²) in [6.45, 7) is -0.0466. The first-order chi connectivity index (χ1) is 21.3. The van der Waals surface area contributed by atoms with Crippen molar-refractivity contribution in [2.75, 3.05) is 13.2 Å². The van der Waals surface area contributed by atoms with Crippen LogP contribution in [0.3, 0.4) is 0 Å². The van der Waals surface area contributed by atoms with Gasteiger partial charge in [-0.15, -0.1) is 0 Å². The van der Waals surface area contributed by atoms with Gasteiger partial charge in [0.15, 0.2) is 23.8 Å². The Balaban J connectivity index is 1.35. The topological polar surface area (TPSA) is 152 Å². The highest BCUT2D eigenvalue weighted by Gasteiger charge is 2.65. The number of fused-ring (bicyclic) bond motifs is 1. The van der Waals surface area contributed by atoms with E-state index in [0.717, 1.165) is 39.0 Å². The zero-order chi connectivity index (χ0) is 32.4. The molecule has 0 spiro atoms. The molecular formula is C29H40F2N5O7PS. The standard InChI is InChI=1S/C29H40F2N5O7PS/c1-4-39-21-15-22(32)34-24-23(21)33-17-36(24)27-28(3,30)26(38)29(31,42-27)16-40-44(45,43-20-13-9-6-10-14-20)35-18(2)25(37)41-19-11-7-5-8-12-19/h6,9-10,13-14,17-19,21,26-27,38H,4-5,7-8,11-12,15-16H2,1-3H3,(H2,32,34)(H,35,45)/t18?,21?,26-,27+,28+,29+,44?/m0/s1. The Morgan fingerprint density at radius 2 is 2.00 bits per heavy atom. The fraction of sp³-hybridized carbons (Fsp3) is 0.621. The highest BCUT2D eigenvalue weighted by molar-refractivity contribution is 8.09. The molecule has 3 aliphatic rings. The van der Waals surface area contributed by atoms with Crippen LogP contribution in [0.15, 0.2) is 41.7 Å². The summed E-state index contributed by atoms with van der Waals surface area (Å²) in [5, 5.41) is 13.8. The molecule has 5 rings (SSSR count). The monoisotopic (exact) mass is 671 g/mol. The van der Waals surface area contributed by atoms with Crippen LogP contribution < -0.4 is 15.3 Å². The largest absolute Gasteiger partial charge is 0.461 e. The molecule has 0 bridgehead atoms. The SMILES string of the molecule is CCOC1CC(N)=Nc2c1ncn2[C@@H]1O[C@](F)(COP(=S)(NC(C)C(=O)OC2CCCCC2)Oc2ccccc2)[C@@H](O)[C@@]1(C)F. The minimum atomic E-state index is -3.74. The zero-order valence-electron chi connectivity index (χ0n) is 25.4. The maximum absolute atomic E-state index is 16.5. The van der Waals surface area contributed by atoms with E-state index in [-0.39, 0.29) is 24.2 Å². The van der Waals surface area contributed by atoms with Gasteiger partial charge in [-0.05, 0) is 70.4 Å². The summed E-state index contributed by atoms with van der Waals surface area (Å²) in [7, 11) is 0. The number of nitrogens with two attached hydrogens (primary N) is 1. The Labute approximate surface area is 265 Å². The first-order valence-corrected chi connectivity index (χ1v) is 17.7. The molecule has 16 heteroatoms. The van der Waals surface area contributed by atoms with Crippen molar-refractivity contribution in [2.45, 2.75) is 101 Å². The summed E-state index contributed by atoms with van der Waals surface area (Å²) in [4.78, 5) is 21.5. The molecule has 248 valence electrons. The van der Waals surface area contributed by atoms with Gasteiger partial charge in [-0.2, -0.15) is 0 Å². The number of rotatable bonds is 12. The van der Waals surface area contributed by atoms with Gasteiger partial charge < -0.3 is 34.1 Å². The van der Waals surface area contributed by atoms with Crippen molar-refractivity contribution in [3.63, 3.8) is 0 Å². The number of alkyl halides is 2. The predicted molar refractivity (Wildman–Crippen MR) is 165 cm³/mol. The summed E-state index contributed by atoms with van der Waals surface area (Å²) >= 11 is 5.69. The molecule has 2 aliphatic heterocycles. The minimum Gasteiger partial charge on any atom is -0.461 e. The number of esters is 1. The molecule has 0 radical (unpaired) electrons. The summed E-state index contributed by atoms with van der Waals surface area (Å²) in [6, 6.07) is 7.41. The van der Waals surface area contributed by atoms with E-state index >= 15 is 8.78 Å². The smallest absolute Gasteiger partial charge is 0.323 e. The second kappa shape index (κ2) is 13.7. The molecule has 1 aromatic heterocycles. The number of hydrogen-bond donors (Lipinski definition) is 3. The number of carbonyl (C=O) groups excluding carboxylic acids is 1. The van der Waals surface area contributed by atoms with Crippen LogP contribution in [0.4, 0.5) is 14.6 Å². The average Bonchev–Trinajstić information content (AvgIpc) is 3.50. The molecule has 1 aliphatic carbocycles. The van der Waals surface area contributed by atoms with Crippen molar-refractivity contribution in [1.29, 1.82) is 0 Å². The van der Waals surface area contributed by atoms with Crippen molar-refractivity contribution in [1.82, 2.24) is 14.6 Å². The van der Waals surface area contributed by atoms with E-state index in [4.69, 9.17) is 40.8 Å². The van der Waals surface area contributed by atoms with Crippen LogP contribution in [0.2, 0.25) is 0 Å². The molecule has 7 atom stereocenters. The molecule has 45 heavy (non-hydrogen) atoms. The Kier molecular flexibility index (Phi) is 10.3. The first kappa shape index (κ1) is 33.8. The minimum absolute atomic E-state index is 0.132. The number of nitrogens with one attached hydrogen (secondary N) is 1. The molecule has 2 aromatic rings. The third-order valence-electron chi connectivity index (χ3n) is 8.04. The molecule has 0 amide bonds. The summed E-state index contributed by atoms with van der Waals surface area (Å²) < 4.78 is 62.5. The fourth-order valence-electron chi connectivity index (χ4n) is 5.68. The van der Waals surface area contributed by atoms with E-state index in [1.165, 1.54) is 17.8 Å². The van der Waals surface area contributed by atoms with Gasteiger partial charge >= 0.3 is 12.6 Å². The number of benzene rings is 1. The Morgan fingerprint density at radius 3 is 2.69 bits per heavy atom. The highest BCUT2D eigenvalue weighted by atomic mass is 32.5. The van der Waals surface area contributed by atoms with Gasteiger partial charge in [0.1, 0.15) is 42.1 Å². The van der Waals surface area contributed by atoms with Gasteiger partial charge in [0, 0.05) is 13.0 Å². The van der Waals surface area contributed by atoms with Gasteiger partial charge in [-0.3, -0.25) is 9.36 Å². The van der Waals surface area contributed by atoms with Crippen LogP contribution in [0, 0.1) is 0 Å². The molecule has 1 saturated heterocycles. The molecule has 3 heterocycles. The molecule has 1 saturated carbocycles. The Hall–Kier alpha value is -2.52. The lowest BCUT2D eigenvalue weighted by atomic mass is 9.97. The van der Waals surface area contributed by atoms with Crippen LogP contribution in [0.25, 0.3) is 0 Å². The lowest BCUT2D eigenvalue weighted by Crippen LogP contribution is -2.47. The van der Waals surface area contributed by atoms with E-state index in [0.29, 0.717) is 18.1 Å². The number of nitrogens with zero attached hydrogens (tertiary/aromatic N) is 3.